The van der Waals surface area contributed by atoms with Gasteiger partial charge in [-0.25, -0.2) is 4.79 Å². The van der Waals surface area contributed by atoms with Gasteiger partial charge in [0.15, 0.2) is 0 Å². The van der Waals surface area contributed by atoms with Crippen molar-refractivity contribution in [2.24, 2.45) is 0 Å². The molecule has 1 atom stereocenters. The third-order valence-electron chi connectivity index (χ3n) is 3.66. The molecule has 6 heteroatoms. The highest BCUT2D eigenvalue weighted by Gasteiger charge is 2.37. The second-order valence-corrected chi connectivity index (χ2v) is 5.06. The highest BCUT2D eigenvalue weighted by molar-refractivity contribution is 5.77. The number of carbonyl (C=O) groups is 1. The predicted molar refractivity (Wildman–Crippen MR) is 67.3 cm³/mol. The van der Waals surface area contributed by atoms with Crippen molar-refractivity contribution in [1.82, 2.24) is 24.9 Å². The zero-order valence-corrected chi connectivity index (χ0v) is 10.7. The molecule has 18 heavy (non-hydrogen) atoms. The number of carbonyl (C=O) groups excluding carboxylic acids is 1. The molecule has 6 nitrogen and oxygen atoms in total. The molecule has 2 amide bonds. The van der Waals surface area contributed by atoms with Gasteiger partial charge >= 0.3 is 6.03 Å². The Labute approximate surface area is 107 Å². The fraction of sp³-hybridized carbons (Fsp3) is 0.667. The van der Waals surface area contributed by atoms with Crippen molar-refractivity contribution in [3.8, 4) is 0 Å². The average Bonchev–Trinajstić information content (AvgIpc) is 2.92. The van der Waals surface area contributed by atoms with Crippen LogP contribution in [-0.4, -0.2) is 64.4 Å². The molecule has 2 saturated heterocycles. The fourth-order valence-electron chi connectivity index (χ4n) is 2.69. The number of hydrogen-bond acceptors (Lipinski definition) is 3. The lowest BCUT2D eigenvalue weighted by atomic mass is 10.2. The first-order valence-corrected chi connectivity index (χ1v) is 6.49. The van der Waals surface area contributed by atoms with Crippen LogP contribution in [0.2, 0.25) is 0 Å². The first kappa shape index (κ1) is 11.5. The molecule has 0 radical (unpaired) electrons. The standard InChI is InChI=1S/C12H19N5O/c1-10-6-14-16(8-10)5-4-15-9-11-7-13-2-3-17(11)12(15)18/h6,8,11,13H,2-5,7,9H2,1H3. The Morgan fingerprint density at radius 3 is 3.11 bits per heavy atom. The number of aromatic nitrogens is 2. The summed E-state index contributed by atoms with van der Waals surface area (Å²) in [6, 6.07) is 0.538. The number of urea groups is 1. The normalized spacial score (nSPS) is 23.6. The lowest BCUT2D eigenvalue weighted by Gasteiger charge is -2.28. The van der Waals surface area contributed by atoms with E-state index in [4.69, 9.17) is 0 Å². The van der Waals surface area contributed by atoms with Gasteiger partial charge in [0.1, 0.15) is 0 Å². The monoisotopic (exact) mass is 249 g/mol. The number of hydrogen-bond donors (Lipinski definition) is 1. The molecular formula is C12H19N5O. The molecule has 1 aromatic heterocycles. The summed E-state index contributed by atoms with van der Waals surface area (Å²) in [6.07, 6.45) is 3.86. The minimum absolute atomic E-state index is 0.186. The highest BCUT2D eigenvalue weighted by atomic mass is 16.2. The van der Waals surface area contributed by atoms with Gasteiger partial charge in [-0.15, -0.1) is 0 Å². The van der Waals surface area contributed by atoms with E-state index in [1.54, 1.807) is 0 Å². The molecule has 1 aromatic rings. The number of amides is 2. The topological polar surface area (TPSA) is 53.4 Å². The van der Waals surface area contributed by atoms with Gasteiger partial charge in [-0.3, -0.25) is 4.68 Å². The first-order valence-electron chi connectivity index (χ1n) is 6.49. The van der Waals surface area contributed by atoms with Crippen LogP contribution in [0.25, 0.3) is 0 Å². The zero-order chi connectivity index (χ0) is 12.5. The van der Waals surface area contributed by atoms with Crippen LogP contribution in [0.3, 0.4) is 0 Å². The van der Waals surface area contributed by atoms with Crippen LogP contribution in [0.5, 0.6) is 0 Å². The van der Waals surface area contributed by atoms with E-state index in [2.05, 4.69) is 10.4 Å². The molecule has 98 valence electrons. The largest absolute Gasteiger partial charge is 0.321 e. The number of nitrogens with zero attached hydrogens (tertiary/aromatic N) is 4. The van der Waals surface area contributed by atoms with Crippen molar-refractivity contribution in [3.63, 3.8) is 0 Å². The summed E-state index contributed by atoms with van der Waals surface area (Å²) < 4.78 is 1.90. The van der Waals surface area contributed by atoms with E-state index in [1.165, 1.54) is 0 Å². The molecule has 3 heterocycles. The summed E-state index contributed by atoms with van der Waals surface area (Å²) in [4.78, 5) is 16.1. The molecule has 1 N–H and O–H groups in total. The van der Waals surface area contributed by atoms with Crippen LogP contribution < -0.4 is 5.32 Å². The maximum absolute atomic E-state index is 12.2. The lowest BCUT2D eigenvalue weighted by molar-refractivity contribution is 0.178. The van der Waals surface area contributed by atoms with Crippen LogP contribution in [-0.2, 0) is 6.54 Å². The number of piperazine rings is 1. The molecule has 3 rings (SSSR count). The first-order chi connectivity index (χ1) is 8.74. The van der Waals surface area contributed by atoms with E-state index in [0.717, 1.165) is 44.8 Å². The van der Waals surface area contributed by atoms with E-state index in [0.29, 0.717) is 6.04 Å². The maximum atomic E-state index is 12.2. The fourth-order valence-corrected chi connectivity index (χ4v) is 2.69. The number of nitrogens with one attached hydrogen (secondary N) is 1. The zero-order valence-electron chi connectivity index (χ0n) is 10.7. The quantitative estimate of drug-likeness (QED) is 0.814. The molecule has 2 aliphatic rings. The van der Waals surface area contributed by atoms with Crippen LogP contribution >= 0.6 is 0 Å². The molecule has 1 unspecified atom stereocenters. The summed E-state index contributed by atoms with van der Waals surface area (Å²) in [6.45, 7) is 7.04. The summed E-state index contributed by atoms with van der Waals surface area (Å²) >= 11 is 0. The van der Waals surface area contributed by atoms with Crippen LogP contribution in [0.1, 0.15) is 5.56 Å². The number of fused-ring (bicyclic) bond motifs is 1. The summed E-state index contributed by atoms with van der Waals surface area (Å²) in [5.41, 5.74) is 1.16. The van der Waals surface area contributed by atoms with Crippen molar-refractivity contribution >= 4 is 6.03 Å². The van der Waals surface area contributed by atoms with Gasteiger partial charge < -0.3 is 15.1 Å². The number of rotatable bonds is 3. The Morgan fingerprint density at radius 2 is 2.39 bits per heavy atom. The van der Waals surface area contributed by atoms with Gasteiger partial charge in [-0.1, -0.05) is 0 Å². The van der Waals surface area contributed by atoms with E-state index in [1.807, 2.05) is 33.8 Å². The van der Waals surface area contributed by atoms with E-state index < -0.39 is 0 Å². The minimum atomic E-state index is 0.186. The summed E-state index contributed by atoms with van der Waals surface area (Å²) in [5.74, 6) is 0. The maximum Gasteiger partial charge on any atom is 0.320 e. The van der Waals surface area contributed by atoms with E-state index >= 15 is 0 Å². The molecular weight excluding hydrogens is 230 g/mol. The second kappa shape index (κ2) is 4.61. The Morgan fingerprint density at radius 1 is 1.50 bits per heavy atom. The molecule has 0 spiro atoms. The van der Waals surface area contributed by atoms with Gasteiger partial charge in [0, 0.05) is 38.9 Å². The molecule has 0 aromatic carbocycles. The second-order valence-electron chi connectivity index (χ2n) is 5.06. The van der Waals surface area contributed by atoms with Gasteiger partial charge in [0.2, 0.25) is 0 Å². The van der Waals surface area contributed by atoms with Gasteiger partial charge in [0.05, 0.1) is 18.8 Å². The lowest BCUT2D eigenvalue weighted by Crippen LogP contribution is -2.49. The Kier molecular flexibility index (Phi) is 2.95. The van der Waals surface area contributed by atoms with Gasteiger partial charge in [-0.05, 0) is 12.5 Å². The SMILES string of the molecule is Cc1cnn(CCN2CC3CNCCN3C2=O)c1. The van der Waals surface area contributed by atoms with Gasteiger partial charge in [-0.2, -0.15) is 5.10 Å². The van der Waals surface area contributed by atoms with Crippen LogP contribution in [0.4, 0.5) is 4.79 Å². The Bertz CT molecular complexity index is 443. The Balaban J connectivity index is 1.58. The van der Waals surface area contributed by atoms with E-state index in [-0.39, 0.29) is 6.03 Å². The summed E-state index contributed by atoms with van der Waals surface area (Å²) in [7, 11) is 0. The highest BCUT2D eigenvalue weighted by Crippen LogP contribution is 2.17. The molecule has 2 fully saturated rings. The molecule has 0 bridgehead atoms. The smallest absolute Gasteiger partial charge is 0.320 e. The van der Waals surface area contributed by atoms with Crippen molar-refractivity contribution in [1.29, 1.82) is 0 Å². The van der Waals surface area contributed by atoms with Crippen molar-refractivity contribution in [3.05, 3.63) is 18.0 Å². The van der Waals surface area contributed by atoms with Crippen LogP contribution in [0, 0.1) is 6.92 Å². The average molecular weight is 249 g/mol. The summed E-state index contributed by atoms with van der Waals surface area (Å²) in [5, 5.41) is 7.58. The molecule has 0 saturated carbocycles. The third-order valence-corrected chi connectivity index (χ3v) is 3.66. The minimum Gasteiger partial charge on any atom is -0.321 e. The van der Waals surface area contributed by atoms with Gasteiger partial charge in [0.25, 0.3) is 0 Å². The predicted octanol–water partition coefficient (Wildman–Crippen LogP) is -0.0991. The van der Waals surface area contributed by atoms with E-state index in [9.17, 15) is 4.79 Å². The van der Waals surface area contributed by atoms with Crippen molar-refractivity contribution in [2.75, 3.05) is 32.7 Å². The Hall–Kier alpha value is -1.56. The van der Waals surface area contributed by atoms with Crippen molar-refractivity contribution in [2.45, 2.75) is 19.5 Å². The van der Waals surface area contributed by atoms with Crippen molar-refractivity contribution < 1.29 is 4.79 Å². The molecule has 0 aliphatic carbocycles. The van der Waals surface area contributed by atoms with Crippen LogP contribution in [0.15, 0.2) is 12.4 Å². The number of aryl methyl sites for hydroxylation is 1. The molecule has 2 aliphatic heterocycles. The third kappa shape index (κ3) is 2.08.